The van der Waals surface area contributed by atoms with E-state index in [1.54, 1.807) is 29.4 Å². The van der Waals surface area contributed by atoms with E-state index in [1.807, 2.05) is 30.6 Å². The van der Waals surface area contributed by atoms with E-state index in [0.29, 0.717) is 0 Å². The van der Waals surface area contributed by atoms with Crippen molar-refractivity contribution in [2.24, 2.45) is 0 Å². The fourth-order valence-electron chi connectivity index (χ4n) is 1.79. The zero-order chi connectivity index (χ0) is 13.1. The monoisotopic (exact) mass is 291 g/mol. The van der Waals surface area contributed by atoms with E-state index < -0.39 is 0 Å². The van der Waals surface area contributed by atoms with Crippen LogP contribution in [0.25, 0.3) is 10.2 Å². The number of furan rings is 1. The number of aromatic nitrogens is 2. The Morgan fingerprint density at radius 2 is 2.26 bits per heavy atom. The zero-order valence-corrected chi connectivity index (χ0v) is 12.1. The SMILES string of the molecule is CNc1nc(CSCc2ccco2)nc2sccc12. The van der Waals surface area contributed by atoms with E-state index in [0.717, 1.165) is 39.1 Å². The Labute approximate surface area is 119 Å². The number of hydrogen-bond acceptors (Lipinski definition) is 6. The van der Waals surface area contributed by atoms with E-state index in [1.165, 1.54) is 0 Å². The van der Waals surface area contributed by atoms with Crippen molar-refractivity contribution in [3.63, 3.8) is 0 Å². The Bertz CT molecular complexity index is 664. The lowest BCUT2D eigenvalue weighted by molar-refractivity contribution is 0.530. The van der Waals surface area contributed by atoms with E-state index >= 15 is 0 Å². The van der Waals surface area contributed by atoms with Crippen LogP contribution in [0.4, 0.5) is 5.82 Å². The summed E-state index contributed by atoms with van der Waals surface area (Å²) in [5.74, 6) is 4.36. The van der Waals surface area contributed by atoms with Crippen LogP contribution in [0.2, 0.25) is 0 Å². The summed E-state index contributed by atoms with van der Waals surface area (Å²) < 4.78 is 5.30. The topological polar surface area (TPSA) is 51.0 Å². The predicted molar refractivity (Wildman–Crippen MR) is 80.7 cm³/mol. The first-order valence-corrected chi connectivity index (χ1v) is 7.92. The molecule has 0 aliphatic heterocycles. The number of nitrogens with one attached hydrogen (secondary N) is 1. The van der Waals surface area contributed by atoms with Crippen molar-refractivity contribution in [3.05, 3.63) is 41.4 Å². The minimum Gasteiger partial charge on any atom is -0.468 e. The zero-order valence-electron chi connectivity index (χ0n) is 10.4. The first kappa shape index (κ1) is 12.5. The van der Waals surface area contributed by atoms with Gasteiger partial charge in [0.25, 0.3) is 0 Å². The average Bonchev–Trinajstić information content (AvgIpc) is 3.08. The molecule has 0 amide bonds. The highest BCUT2D eigenvalue weighted by Crippen LogP contribution is 2.26. The number of rotatable bonds is 5. The predicted octanol–water partition coefficient (Wildman–Crippen LogP) is 3.76. The molecule has 4 nitrogen and oxygen atoms in total. The lowest BCUT2D eigenvalue weighted by atomic mass is 10.4. The average molecular weight is 291 g/mol. The Kier molecular flexibility index (Phi) is 3.70. The number of hydrogen-bond donors (Lipinski definition) is 1. The number of thiophene rings is 1. The summed E-state index contributed by atoms with van der Waals surface area (Å²) in [7, 11) is 1.89. The highest BCUT2D eigenvalue weighted by molar-refractivity contribution is 7.97. The summed E-state index contributed by atoms with van der Waals surface area (Å²) in [6, 6.07) is 5.93. The molecule has 0 radical (unpaired) electrons. The van der Waals surface area contributed by atoms with E-state index in [2.05, 4.69) is 15.3 Å². The van der Waals surface area contributed by atoms with Crippen molar-refractivity contribution in [3.8, 4) is 0 Å². The van der Waals surface area contributed by atoms with E-state index in [4.69, 9.17) is 4.42 Å². The van der Waals surface area contributed by atoms with Crippen LogP contribution in [0, 0.1) is 0 Å². The van der Waals surface area contributed by atoms with Crippen molar-refractivity contribution < 1.29 is 4.42 Å². The molecule has 6 heteroatoms. The molecular weight excluding hydrogens is 278 g/mol. The Hall–Kier alpha value is -1.53. The van der Waals surface area contributed by atoms with Crippen molar-refractivity contribution in [2.75, 3.05) is 12.4 Å². The molecule has 19 heavy (non-hydrogen) atoms. The second-order valence-corrected chi connectivity index (χ2v) is 5.83. The van der Waals surface area contributed by atoms with Crippen LogP contribution < -0.4 is 5.32 Å². The van der Waals surface area contributed by atoms with Crippen LogP contribution in [0.5, 0.6) is 0 Å². The first-order chi connectivity index (χ1) is 9.36. The summed E-state index contributed by atoms with van der Waals surface area (Å²) in [5.41, 5.74) is 0. The highest BCUT2D eigenvalue weighted by atomic mass is 32.2. The minimum absolute atomic E-state index is 0.781. The van der Waals surface area contributed by atoms with Gasteiger partial charge in [-0.1, -0.05) is 0 Å². The first-order valence-electron chi connectivity index (χ1n) is 5.89. The molecule has 0 bridgehead atoms. The van der Waals surface area contributed by atoms with Gasteiger partial charge >= 0.3 is 0 Å². The molecule has 3 heterocycles. The number of thioether (sulfide) groups is 1. The van der Waals surface area contributed by atoms with Gasteiger partial charge in [-0.2, -0.15) is 0 Å². The quantitative estimate of drug-likeness (QED) is 0.775. The maximum atomic E-state index is 5.30. The van der Waals surface area contributed by atoms with Crippen molar-refractivity contribution in [1.29, 1.82) is 0 Å². The van der Waals surface area contributed by atoms with Crippen LogP contribution in [0.1, 0.15) is 11.6 Å². The lowest BCUT2D eigenvalue weighted by Gasteiger charge is -2.04. The molecule has 3 aromatic heterocycles. The molecule has 0 fully saturated rings. The summed E-state index contributed by atoms with van der Waals surface area (Å²) in [5, 5.41) is 6.26. The Morgan fingerprint density at radius 3 is 3.05 bits per heavy atom. The van der Waals surface area contributed by atoms with Crippen LogP contribution in [0.3, 0.4) is 0 Å². The molecule has 0 atom stereocenters. The fraction of sp³-hybridized carbons (Fsp3) is 0.231. The number of nitrogens with zero attached hydrogens (tertiary/aromatic N) is 2. The molecule has 1 N–H and O–H groups in total. The second-order valence-electron chi connectivity index (χ2n) is 3.95. The van der Waals surface area contributed by atoms with Gasteiger partial charge in [0.2, 0.25) is 0 Å². The largest absolute Gasteiger partial charge is 0.468 e. The second kappa shape index (κ2) is 5.63. The van der Waals surface area contributed by atoms with Gasteiger partial charge in [0.05, 0.1) is 23.2 Å². The summed E-state index contributed by atoms with van der Waals surface area (Å²) in [6.07, 6.45) is 1.70. The Morgan fingerprint density at radius 1 is 1.32 bits per heavy atom. The van der Waals surface area contributed by atoms with Gasteiger partial charge in [-0.3, -0.25) is 0 Å². The van der Waals surface area contributed by atoms with Gasteiger partial charge in [-0.25, -0.2) is 9.97 Å². The summed E-state index contributed by atoms with van der Waals surface area (Å²) >= 11 is 3.40. The molecule has 0 aromatic carbocycles. The molecule has 0 aliphatic rings. The Balaban J connectivity index is 1.73. The third kappa shape index (κ3) is 2.74. The van der Waals surface area contributed by atoms with E-state index in [9.17, 15) is 0 Å². The van der Waals surface area contributed by atoms with Gasteiger partial charge < -0.3 is 9.73 Å². The third-order valence-corrected chi connectivity index (χ3v) is 4.42. The van der Waals surface area contributed by atoms with Crippen LogP contribution in [-0.2, 0) is 11.5 Å². The number of fused-ring (bicyclic) bond motifs is 1. The van der Waals surface area contributed by atoms with Crippen LogP contribution >= 0.6 is 23.1 Å². The third-order valence-electron chi connectivity index (χ3n) is 2.66. The molecule has 98 valence electrons. The van der Waals surface area contributed by atoms with Crippen molar-refractivity contribution >= 4 is 39.1 Å². The van der Waals surface area contributed by atoms with Gasteiger partial charge in [0.1, 0.15) is 22.2 Å². The van der Waals surface area contributed by atoms with E-state index in [-0.39, 0.29) is 0 Å². The standard InChI is InChI=1S/C13H13N3OS2/c1-14-12-10-4-6-19-13(10)16-11(15-12)8-18-7-9-3-2-5-17-9/h2-6H,7-8H2,1H3,(H,14,15,16). The van der Waals surface area contributed by atoms with Crippen LogP contribution in [0.15, 0.2) is 34.3 Å². The molecular formula is C13H13N3OS2. The fourth-order valence-corrected chi connectivity index (χ4v) is 3.35. The molecule has 3 aromatic rings. The van der Waals surface area contributed by atoms with Crippen LogP contribution in [-0.4, -0.2) is 17.0 Å². The minimum atomic E-state index is 0.781. The summed E-state index contributed by atoms with van der Waals surface area (Å²) in [6.45, 7) is 0. The maximum Gasteiger partial charge on any atom is 0.142 e. The van der Waals surface area contributed by atoms with Crippen molar-refractivity contribution in [2.45, 2.75) is 11.5 Å². The molecule has 3 rings (SSSR count). The highest BCUT2D eigenvalue weighted by Gasteiger charge is 2.08. The van der Waals surface area contributed by atoms with Crippen molar-refractivity contribution in [1.82, 2.24) is 9.97 Å². The smallest absolute Gasteiger partial charge is 0.142 e. The molecule has 0 unspecified atom stereocenters. The normalized spacial score (nSPS) is 11.0. The molecule has 0 saturated heterocycles. The maximum absolute atomic E-state index is 5.30. The summed E-state index contributed by atoms with van der Waals surface area (Å²) in [4.78, 5) is 10.2. The van der Waals surface area contributed by atoms with Gasteiger partial charge in [-0.15, -0.1) is 23.1 Å². The number of anilines is 1. The lowest BCUT2D eigenvalue weighted by Crippen LogP contribution is -1.99. The molecule has 0 saturated carbocycles. The van der Waals surface area contributed by atoms with Gasteiger partial charge in [0.15, 0.2) is 0 Å². The molecule has 0 spiro atoms. The van der Waals surface area contributed by atoms with Gasteiger partial charge in [-0.05, 0) is 23.6 Å². The van der Waals surface area contributed by atoms with Gasteiger partial charge in [0, 0.05) is 7.05 Å². The molecule has 0 aliphatic carbocycles.